The molecule has 0 N–H and O–H groups in total. The van der Waals surface area contributed by atoms with Crippen LogP contribution in [0.25, 0.3) is 5.57 Å². The van der Waals surface area contributed by atoms with Gasteiger partial charge in [0.05, 0.1) is 71.5 Å². The van der Waals surface area contributed by atoms with Gasteiger partial charge in [0, 0.05) is 89.3 Å². The van der Waals surface area contributed by atoms with E-state index < -0.39 is 5.97 Å². The number of hydrogen-bond acceptors (Lipinski definition) is 11. The Labute approximate surface area is 295 Å². The molecule has 0 heterocycles. The van der Waals surface area contributed by atoms with Crippen molar-refractivity contribution in [3.8, 4) is 23.0 Å². The van der Waals surface area contributed by atoms with Gasteiger partial charge in [0.2, 0.25) is 5.71 Å². The number of allylic oxidation sites excluding steroid dienone is 2. The summed E-state index contributed by atoms with van der Waals surface area (Å²) in [5.74, 6) is 2.28. The summed E-state index contributed by atoms with van der Waals surface area (Å²) in [6, 6.07) is 7.68. The number of benzene rings is 2. The van der Waals surface area contributed by atoms with Gasteiger partial charge in [-0.25, -0.2) is 9.37 Å². The predicted octanol–water partition coefficient (Wildman–Crippen LogP) is 4.53. The summed E-state index contributed by atoms with van der Waals surface area (Å²) in [6.07, 6.45) is 4.47. The molecule has 0 unspecified atom stereocenters. The SMILES string of the molecule is COC1=CC(=[N+](C)C)C=C(OC)C1=C(c1c(OC)cc(N(C)C)cc1OC)c1c(OC)cc(N(C)CCCC(=O)ON(C)C(C)=O)cc1OC. The zero-order valence-electron chi connectivity index (χ0n) is 31.5. The van der Waals surface area contributed by atoms with Crippen LogP contribution in [-0.4, -0.2) is 119 Å². The summed E-state index contributed by atoms with van der Waals surface area (Å²) in [5.41, 5.74) is 5.00. The van der Waals surface area contributed by atoms with Crippen LogP contribution in [0.15, 0.2) is 53.5 Å². The highest BCUT2D eigenvalue weighted by molar-refractivity contribution is 6.06. The van der Waals surface area contributed by atoms with Crippen molar-refractivity contribution in [1.82, 2.24) is 5.06 Å². The van der Waals surface area contributed by atoms with E-state index >= 15 is 0 Å². The Hall–Kier alpha value is -5.33. The molecule has 0 spiro atoms. The van der Waals surface area contributed by atoms with Gasteiger partial charge >= 0.3 is 5.97 Å². The highest BCUT2D eigenvalue weighted by Crippen LogP contribution is 2.51. The first-order valence-corrected chi connectivity index (χ1v) is 15.9. The fourth-order valence-corrected chi connectivity index (χ4v) is 5.40. The molecule has 1 aliphatic rings. The summed E-state index contributed by atoms with van der Waals surface area (Å²) in [5, 5.41) is 0.921. The first kappa shape index (κ1) is 39.1. The number of rotatable bonds is 14. The molecule has 0 atom stereocenters. The number of amides is 1. The molecule has 0 saturated heterocycles. The Morgan fingerprint density at radius 3 is 1.48 bits per heavy atom. The third-order valence-corrected chi connectivity index (χ3v) is 8.25. The van der Waals surface area contributed by atoms with Gasteiger partial charge in [-0.05, 0) is 6.42 Å². The quantitative estimate of drug-likeness (QED) is 0.205. The maximum atomic E-state index is 12.3. The topological polar surface area (TPSA) is 111 Å². The van der Waals surface area contributed by atoms with Gasteiger partial charge in [-0.2, -0.15) is 5.06 Å². The van der Waals surface area contributed by atoms with Crippen LogP contribution in [0.2, 0.25) is 0 Å². The number of carbonyl (C=O) groups excluding carboxylic acids is 2. The van der Waals surface area contributed by atoms with E-state index in [0.29, 0.717) is 69.8 Å². The molecule has 1 aliphatic carbocycles. The largest absolute Gasteiger partial charge is 0.496 e. The van der Waals surface area contributed by atoms with Crippen molar-refractivity contribution in [3.63, 3.8) is 0 Å². The number of methoxy groups -OCH3 is 6. The lowest BCUT2D eigenvalue weighted by Gasteiger charge is -2.28. The van der Waals surface area contributed by atoms with Crippen molar-refractivity contribution in [2.75, 3.05) is 101 Å². The molecule has 0 aromatic heterocycles. The molecule has 272 valence electrons. The number of ether oxygens (including phenoxy) is 6. The van der Waals surface area contributed by atoms with Gasteiger partial charge in [0.15, 0.2) is 0 Å². The number of hydroxylamine groups is 2. The Balaban J connectivity index is 2.35. The fraction of sp³-hybridized carbons (Fsp3) is 0.432. The number of nitrogens with zero attached hydrogens (tertiary/aromatic N) is 4. The molecule has 1 amide bonds. The van der Waals surface area contributed by atoms with Crippen LogP contribution in [0.5, 0.6) is 23.0 Å². The summed E-state index contributed by atoms with van der Waals surface area (Å²) in [4.78, 5) is 32.7. The average molecular weight is 696 g/mol. The zero-order chi connectivity index (χ0) is 37.3. The lowest BCUT2D eigenvalue weighted by molar-refractivity contribution is -0.462. The molecule has 2 aromatic carbocycles. The first-order valence-electron chi connectivity index (χ1n) is 15.9. The van der Waals surface area contributed by atoms with Crippen LogP contribution in [-0.2, 0) is 23.9 Å². The standard InChI is InChI=1S/C37H51N4O9/c1-23(42)41(7)50-33(43)15-14-16-40(6)26-21-31(48-12)36(32(22-26)49-13)37(34-27(44-8)17-24(38(2)3)18-28(34)45-9)35-29(46-10)19-25(39(4)5)20-30(35)47-11/h17-22H,14-16H2,1-13H3/q+1. The fourth-order valence-electron chi connectivity index (χ4n) is 5.40. The van der Waals surface area contributed by atoms with E-state index in [0.717, 1.165) is 22.1 Å². The van der Waals surface area contributed by atoms with E-state index in [-0.39, 0.29) is 12.3 Å². The maximum absolute atomic E-state index is 12.3. The molecule has 0 fully saturated rings. The summed E-state index contributed by atoms with van der Waals surface area (Å²) >= 11 is 0. The van der Waals surface area contributed by atoms with Crippen molar-refractivity contribution >= 4 is 34.5 Å². The minimum absolute atomic E-state index is 0.122. The highest BCUT2D eigenvalue weighted by atomic mass is 16.7. The molecule has 0 bridgehead atoms. The van der Waals surface area contributed by atoms with Gasteiger partial charge in [0.1, 0.15) is 48.6 Å². The number of hydrogen-bond donors (Lipinski definition) is 0. The average Bonchev–Trinajstić information content (AvgIpc) is 3.10. The van der Waals surface area contributed by atoms with E-state index in [1.807, 2.05) is 86.0 Å². The van der Waals surface area contributed by atoms with Crippen molar-refractivity contribution in [1.29, 1.82) is 0 Å². The molecule has 0 radical (unpaired) electrons. The Morgan fingerprint density at radius 2 is 1.12 bits per heavy atom. The minimum atomic E-state index is -0.493. The molecule has 0 saturated carbocycles. The van der Waals surface area contributed by atoms with Crippen molar-refractivity contribution in [2.45, 2.75) is 19.8 Å². The van der Waals surface area contributed by atoms with Crippen molar-refractivity contribution in [3.05, 3.63) is 64.6 Å². The number of carbonyl (C=O) groups is 2. The molecular weight excluding hydrogens is 644 g/mol. The van der Waals surface area contributed by atoms with Gasteiger partial charge in [-0.3, -0.25) is 4.79 Å². The lowest BCUT2D eigenvalue weighted by Crippen LogP contribution is -2.28. The van der Waals surface area contributed by atoms with Crippen LogP contribution in [0.4, 0.5) is 11.4 Å². The number of anilines is 2. The monoisotopic (exact) mass is 695 g/mol. The van der Waals surface area contributed by atoms with Gasteiger partial charge in [-0.15, -0.1) is 0 Å². The third-order valence-electron chi connectivity index (χ3n) is 8.25. The Kier molecular flexibility index (Phi) is 13.6. The zero-order valence-corrected chi connectivity index (χ0v) is 31.5. The smallest absolute Gasteiger partial charge is 0.332 e. The van der Waals surface area contributed by atoms with Gasteiger partial charge in [-0.1, -0.05) is 0 Å². The van der Waals surface area contributed by atoms with Gasteiger partial charge in [0.25, 0.3) is 5.91 Å². The predicted molar refractivity (Wildman–Crippen MR) is 194 cm³/mol. The second-order valence-electron chi connectivity index (χ2n) is 11.8. The van der Waals surface area contributed by atoms with Crippen LogP contribution in [0.3, 0.4) is 0 Å². The first-order chi connectivity index (χ1) is 23.8. The molecular formula is C37H51N4O9+. The maximum Gasteiger partial charge on any atom is 0.332 e. The van der Waals surface area contributed by atoms with E-state index in [1.165, 1.54) is 14.0 Å². The molecule has 3 rings (SSSR count). The second-order valence-corrected chi connectivity index (χ2v) is 11.8. The molecule has 50 heavy (non-hydrogen) atoms. The normalized spacial score (nSPS) is 12.3. The van der Waals surface area contributed by atoms with E-state index in [2.05, 4.69) is 0 Å². The summed E-state index contributed by atoms with van der Waals surface area (Å²) in [6.45, 7) is 1.83. The third kappa shape index (κ3) is 8.63. The van der Waals surface area contributed by atoms with Crippen LogP contribution in [0, 0.1) is 0 Å². The van der Waals surface area contributed by atoms with Crippen LogP contribution < -0.4 is 28.7 Å². The minimum Gasteiger partial charge on any atom is -0.496 e. The van der Waals surface area contributed by atoms with Gasteiger partial charge < -0.3 is 43.1 Å². The van der Waals surface area contributed by atoms with Crippen LogP contribution >= 0.6 is 0 Å². The van der Waals surface area contributed by atoms with Crippen LogP contribution in [0.1, 0.15) is 30.9 Å². The Morgan fingerprint density at radius 1 is 0.680 bits per heavy atom. The molecule has 2 aromatic rings. The van der Waals surface area contributed by atoms with Crippen molar-refractivity contribution < 1.29 is 47.4 Å². The molecule has 13 nitrogen and oxygen atoms in total. The Bertz CT molecular complexity index is 1630. The van der Waals surface area contributed by atoms with Crippen molar-refractivity contribution in [2.24, 2.45) is 0 Å². The lowest BCUT2D eigenvalue weighted by atomic mass is 9.86. The molecule has 13 heteroatoms. The summed E-state index contributed by atoms with van der Waals surface area (Å²) in [7, 11) is 20.7. The highest BCUT2D eigenvalue weighted by Gasteiger charge is 2.34. The van der Waals surface area contributed by atoms with E-state index in [4.69, 9.17) is 33.3 Å². The second kappa shape index (κ2) is 17.4. The van der Waals surface area contributed by atoms with E-state index in [1.54, 1.807) is 42.7 Å². The summed E-state index contributed by atoms with van der Waals surface area (Å²) < 4.78 is 38.4. The van der Waals surface area contributed by atoms with E-state index in [9.17, 15) is 9.59 Å². The molecule has 0 aliphatic heterocycles.